The van der Waals surface area contributed by atoms with Crippen molar-refractivity contribution in [2.75, 3.05) is 6.61 Å². The fraction of sp³-hybridized carbons (Fsp3) is 0.385. The fourth-order valence-corrected chi connectivity index (χ4v) is 1.34. The second kappa shape index (κ2) is 6.96. The van der Waals surface area contributed by atoms with Gasteiger partial charge in [-0.2, -0.15) is 8.78 Å². The number of benzene rings is 1. The summed E-state index contributed by atoms with van der Waals surface area (Å²) >= 11 is 0. The first-order valence-electron chi connectivity index (χ1n) is 5.61. The normalized spacial score (nSPS) is 13.0. The zero-order valence-corrected chi connectivity index (χ0v) is 10.3. The summed E-state index contributed by atoms with van der Waals surface area (Å²) in [6.07, 6.45) is 2.69. The molecule has 1 rings (SSSR count). The number of rotatable bonds is 6. The van der Waals surface area contributed by atoms with Gasteiger partial charge in [0.25, 0.3) is 0 Å². The molecule has 0 spiro atoms. The minimum Gasteiger partial charge on any atom is -0.490 e. The van der Waals surface area contributed by atoms with Crippen molar-refractivity contribution in [3.05, 3.63) is 29.8 Å². The van der Waals surface area contributed by atoms with Crippen LogP contribution in [0.2, 0.25) is 0 Å². The Labute approximate surface area is 105 Å². The SMILES string of the molecule is CCOc1cc(/C=C/C(C)O)ccc1OC(F)F. The molecule has 0 saturated carbocycles. The molecule has 0 fully saturated rings. The molecule has 5 heteroatoms. The summed E-state index contributed by atoms with van der Waals surface area (Å²) in [6.45, 7) is 0.838. The van der Waals surface area contributed by atoms with Crippen molar-refractivity contribution in [1.82, 2.24) is 0 Å². The Hall–Kier alpha value is -1.62. The molecule has 0 bridgehead atoms. The van der Waals surface area contributed by atoms with Crippen LogP contribution in [0.15, 0.2) is 24.3 Å². The summed E-state index contributed by atoms with van der Waals surface area (Å²) < 4.78 is 33.9. The maximum absolute atomic E-state index is 12.2. The molecule has 1 atom stereocenters. The lowest BCUT2D eigenvalue weighted by Gasteiger charge is -2.11. The molecular weight excluding hydrogens is 242 g/mol. The van der Waals surface area contributed by atoms with Crippen molar-refractivity contribution in [3.8, 4) is 11.5 Å². The third-order valence-electron chi connectivity index (χ3n) is 2.05. The molecule has 0 amide bonds. The molecule has 100 valence electrons. The van der Waals surface area contributed by atoms with Crippen molar-refractivity contribution >= 4 is 6.08 Å². The van der Waals surface area contributed by atoms with Crippen molar-refractivity contribution in [3.63, 3.8) is 0 Å². The van der Waals surface area contributed by atoms with E-state index in [0.29, 0.717) is 6.61 Å². The number of alkyl halides is 2. The zero-order valence-electron chi connectivity index (χ0n) is 10.3. The number of aliphatic hydroxyl groups excluding tert-OH is 1. The van der Waals surface area contributed by atoms with Gasteiger partial charge in [0.1, 0.15) is 0 Å². The Bertz CT molecular complexity index is 403. The van der Waals surface area contributed by atoms with Crippen LogP contribution in [0.5, 0.6) is 11.5 Å². The van der Waals surface area contributed by atoms with Gasteiger partial charge in [0.15, 0.2) is 11.5 Å². The number of ether oxygens (including phenoxy) is 2. The topological polar surface area (TPSA) is 38.7 Å². The van der Waals surface area contributed by atoms with Crippen molar-refractivity contribution < 1.29 is 23.4 Å². The number of halogens is 2. The molecule has 18 heavy (non-hydrogen) atoms. The average molecular weight is 258 g/mol. The second-order valence-corrected chi connectivity index (χ2v) is 3.62. The van der Waals surface area contributed by atoms with Gasteiger partial charge in [-0.1, -0.05) is 18.2 Å². The molecule has 3 nitrogen and oxygen atoms in total. The first kappa shape index (κ1) is 14.4. The van der Waals surface area contributed by atoms with Gasteiger partial charge >= 0.3 is 6.61 Å². The molecule has 1 aromatic carbocycles. The van der Waals surface area contributed by atoms with E-state index in [0.717, 1.165) is 5.56 Å². The first-order valence-corrected chi connectivity index (χ1v) is 5.61. The van der Waals surface area contributed by atoms with Gasteiger partial charge in [-0.3, -0.25) is 0 Å². The van der Waals surface area contributed by atoms with Crippen LogP contribution >= 0.6 is 0 Å². The molecule has 1 N–H and O–H groups in total. The highest BCUT2D eigenvalue weighted by Crippen LogP contribution is 2.30. The van der Waals surface area contributed by atoms with Crippen LogP contribution in [0.3, 0.4) is 0 Å². The molecule has 1 unspecified atom stereocenters. The van der Waals surface area contributed by atoms with Gasteiger partial charge in [0, 0.05) is 0 Å². The largest absolute Gasteiger partial charge is 0.490 e. The highest BCUT2D eigenvalue weighted by atomic mass is 19.3. The summed E-state index contributed by atoms with van der Waals surface area (Å²) in [6, 6.07) is 4.61. The Kier molecular flexibility index (Phi) is 5.58. The molecule has 0 heterocycles. The van der Waals surface area contributed by atoms with Crippen molar-refractivity contribution in [1.29, 1.82) is 0 Å². The fourth-order valence-electron chi connectivity index (χ4n) is 1.34. The monoisotopic (exact) mass is 258 g/mol. The maximum atomic E-state index is 12.2. The van der Waals surface area contributed by atoms with Gasteiger partial charge < -0.3 is 14.6 Å². The maximum Gasteiger partial charge on any atom is 0.387 e. The summed E-state index contributed by atoms with van der Waals surface area (Å²) in [5.74, 6) is 0.256. The Balaban J connectivity index is 2.95. The molecule has 0 aliphatic heterocycles. The predicted octanol–water partition coefficient (Wildman–Crippen LogP) is 3.08. The second-order valence-electron chi connectivity index (χ2n) is 3.62. The van der Waals surface area contributed by atoms with Gasteiger partial charge in [-0.05, 0) is 31.5 Å². The quantitative estimate of drug-likeness (QED) is 0.852. The number of aliphatic hydroxyl groups is 1. The molecule has 0 aliphatic rings. The summed E-state index contributed by atoms with van der Waals surface area (Å²) in [5.41, 5.74) is 0.737. The molecule has 0 saturated heterocycles. The smallest absolute Gasteiger partial charge is 0.387 e. The van der Waals surface area contributed by atoms with E-state index in [1.165, 1.54) is 6.07 Å². The summed E-state index contributed by atoms with van der Waals surface area (Å²) in [4.78, 5) is 0. The number of hydrogen-bond donors (Lipinski definition) is 1. The van der Waals surface area contributed by atoms with Crippen molar-refractivity contribution in [2.45, 2.75) is 26.6 Å². The third kappa shape index (κ3) is 4.71. The van der Waals surface area contributed by atoms with E-state index in [2.05, 4.69) is 4.74 Å². The minimum absolute atomic E-state index is 0.000969. The standard InChI is InChI=1S/C13H16F2O3/c1-3-17-12-8-10(5-4-9(2)16)6-7-11(12)18-13(14)15/h4-9,13,16H,3H2,1-2H3/b5-4+. The Morgan fingerprint density at radius 2 is 2.06 bits per heavy atom. The van der Waals surface area contributed by atoms with E-state index in [1.807, 2.05) is 0 Å². The van der Waals surface area contributed by atoms with E-state index in [1.54, 1.807) is 38.1 Å². The number of hydrogen-bond acceptors (Lipinski definition) is 3. The van der Waals surface area contributed by atoms with Crippen LogP contribution in [0, 0.1) is 0 Å². The van der Waals surface area contributed by atoms with Gasteiger partial charge in [0.2, 0.25) is 0 Å². The lowest BCUT2D eigenvalue weighted by Crippen LogP contribution is -2.04. The molecular formula is C13H16F2O3. The van der Waals surface area contributed by atoms with Crippen LogP contribution in [0.25, 0.3) is 6.08 Å². The van der Waals surface area contributed by atoms with Crippen molar-refractivity contribution in [2.24, 2.45) is 0 Å². The van der Waals surface area contributed by atoms with E-state index in [-0.39, 0.29) is 11.5 Å². The van der Waals surface area contributed by atoms with Crippen LogP contribution in [0.4, 0.5) is 8.78 Å². The van der Waals surface area contributed by atoms with E-state index >= 15 is 0 Å². The lowest BCUT2D eigenvalue weighted by molar-refractivity contribution is -0.0514. The third-order valence-corrected chi connectivity index (χ3v) is 2.05. The van der Waals surface area contributed by atoms with Crippen LogP contribution in [-0.4, -0.2) is 24.4 Å². The molecule has 0 aliphatic carbocycles. The van der Waals surface area contributed by atoms with Crippen LogP contribution in [-0.2, 0) is 0 Å². The zero-order chi connectivity index (χ0) is 13.5. The Morgan fingerprint density at radius 1 is 1.33 bits per heavy atom. The van der Waals surface area contributed by atoms with Gasteiger partial charge in [-0.15, -0.1) is 0 Å². The van der Waals surface area contributed by atoms with E-state index in [4.69, 9.17) is 9.84 Å². The van der Waals surface area contributed by atoms with Crippen LogP contribution in [0.1, 0.15) is 19.4 Å². The molecule has 1 aromatic rings. The van der Waals surface area contributed by atoms with E-state index in [9.17, 15) is 8.78 Å². The lowest BCUT2D eigenvalue weighted by atomic mass is 10.1. The van der Waals surface area contributed by atoms with Crippen LogP contribution < -0.4 is 9.47 Å². The first-order chi connectivity index (χ1) is 8.52. The average Bonchev–Trinajstić information content (AvgIpc) is 2.29. The van der Waals surface area contributed by atoms with E-state index < -0.39 is 12.7 Å². The van der Waals surface area contributed by atoms with Gasteiger partial charge in [-0.25, -0.2) is 0 Å². The summed E-state index contributed by atoms with van der Waals surface area (Å²) in [7, 11) is 0. The predicted molar refractivity (Wildman–Crippen MR) is 65.0 cm³/mol. The summed E-state index contributed by atoms with van der Waals surface area (Å²) in [5, 5.41) is 9.12. The molecule has 0 radical (unpaired) electrons. The highest BCUT2D eigenvalue weighted by Gasteiger charge is 2.10. The minimum atomic E-state index is -2.89. The molecule has 0 aromatic heterocycles. The van der Waals surface area contributed by atoms with Gasteiger partial charge in [0.05, 0.1) is 12.7 Å². The highest BCUT2D eigenvalue weighted by molar-refractivity contribution is 5.56. The Morgan fingerprint density at radius 3 is 2.61 bits per heavy atom.